The summed E-state index contributed by atoms with van der Waals surface area (Å²) in [5.41, 5.74) is 2.62. The summed E-state index contributed by atoms with van der Waals surface area (Å²) in [5, 5.41) is 1.61. The molecule has 6 nitrogen and oxygen atoms in total. The normalized spacial score (nSPS) is 17.3. The molecule has 0 radical (unpaired) electrons. The highest BCUT2D eigenvalue weighted by molar-refractivity contribution is 6.00. The Labute approximate surface area is 148 Å². The average Bonchev–Trinajstić information content (AvgIpc) is 2.94. The molecule has 1 fully saturated rings. The fraction of sp³-hybridized carbons (Fsp3) is 0.471. The van der Waals surface area contributed by atoms with Gasteiger partial charge in [-0.2, -0.15) is 13.2 Å². The third-order valence-electron chi connectivity index (χ3n) is 4.16. The van der Waals surface area contributed by atoms with Crippen LogP contribution in [0.2, 0.25) is 0 Å². The number of hydrogen-bond acceptors (Lipinski definition) is 4. The third kappa shape index (κ3) is 4.96. The summed E-state index contributed by atoms with van der Waals surface area (Å²) in [6.45, 7) is 1.57. The van der Waals surface area contributed by atoms with Crippen LogP contribution in [-0.2, 0) is 19.1 Å². The van der Waals surface area contributed by atoms with Gasteiger partial charge in [-0.1, -0.05) is 12.1 Å². The van der Waals surface area contributed by atoms with Crippen molar-refractivity contribution in [1.82, 2.24) is 5.32 Å². The van der Waals surface area contributed by atoms with Crippen LogP contribution in [0.3, 0.4) is 0 Å². The summed E-state index contributed by atoms with van der Waals surface area (Å²) in [6.07, 6.45) is -4.61. The summed E-state index contributed by atoms with van der Waals surface area (Å²) < 4.78 is 40.8. The maximum Gasteiger partial charge on any atom is 0.405 e. The summed E-state index contributed by atoms with van der Waals surface area (Å²) in [5.74, 6) is -2.85. The molecule has 1 aliphatic heterocycles. The lowest BCUT2D eigenvalue weighted by Gasteiger charge is -2.20. The van der Waals surface area contributed by atoms with E-state index in [1.54, 1.807) is 11.4 Å². The van der Waals surface area contributed by atoms with Crippen molar-refractivity contribution in [2.24, 2.45) is 5.92 Å². The van der Waals surface area contributed by atoms with Crippen molar-refractivity contribution in [2.75, 3.05) is 24.6 Å². The summed E-state index contributed by atoms with van der Waals surface area (Å²) in [4.78, 5) is 37.0. The molecule has 0 spiro atoms. The second-order valence-corrected chi connectivity index (χ2v) is 6.12. The van der Waals surface area contributed by atoms with E-state index in [0.717, 1.165) is 11.1 Å². The summed E-state index contributed by atoms with van der Waals surface area (Å²) in [6, 6.07) is 5.49. The van der Waals surface area contributed by atoms with Gasteiger partial charge in [0.2, 0.25) is 5.91 Å². The van der Waals surface area contributed by atoms with Crippen LogP contribution < -0.4 is 10.2 Å². The number of rotatable bonds is 5. The van der Waals surface area contributed by atoms with Gasteiger partial charge in [0.1, 0.15) is 6.54 Å². The van der Waals surface area contributed by atoms with Crippen molar-refractivity contribution in [3.63, 3.8) is 0 Å². The Morgan fingerprint density at radius 2 is 2.00 bits per heavy atom. The standard InChI is InChI=1S/C17H19F3N2O4/c1-10-4-3-5-13(11(10)2)22-7-12(6-15(22)24)16(25)26-8-14(23)21-9-17(18,19)20/h3-5,12H,6-9H2,1-2H3,(H,21,23)/t12-/m0/s1. The van der Waals surface area contributed by atoms with Crippen LogP contribution >= 0.6 is 0 Å². The van der Waals surface area contributed by atoms with Crippen molar-refractivity contribution in [3.05, 3.63) is 29.3 Å². The Morgan fingerprint density at radius 1 is 1.31 bits per heavy atom. The maximum absolute atomic E-state index is 12.2. The molecule has 1 N–H and O–H groups in total. The van der Waals surface area contributed by atoms with E-state index in [-0.39, 0.29) is 18.9 Å². The monoisotopic (exact) mass is 372 g/mol. The lowest BCUT2D eigenvalue weighted by molar-refractivity contribution is -0.154. The van der Waals surface area contributed by atoms with E-state index < -0.39 is 37.1 Å². The predicted octanol–water partition coefficient (Wildman–Crippen LogP) is 1.88. The molecular formula is C17H19F3N2O4. The number of aryl methyl sites for hydroxylation is 1. The molecule has 2 rings (SSSR count). The first-order valence-electron chi connectivity index (χ1n) is 7.95. The second-order valence-electron chi connectivity index (χ2n) is 6.12. The fourth-order valence-corrected chi connectivity index (χ4v) is 2.63. The number of nitrogens with one attached hydrogen (secondary N) is 1. The van der Waals surface area contributed by atoms with Crippen LogP contribution in [-0.4, -0.2) is 43.7 Å². The Kier molecular flexibility index (Phi) is 5.89. The molecule has 2 amide bonds. The quantitative estimate of drug-likeness (QED) is 0.801. The minimum Gasteiger partial charge on any atom is -0.455 e. The Bertz CT molecular complexity index is 718. The molecule has 1 aromatic rings. The number of hydrogen-bond donors (Lipinski definition) is 1. The molecule has 0 aliphatic carbocycles. The lowest BCUT2D eigenvalue weighted by atomic mass is 10.1. The van der Waals surface area contributed by atoms with Crippen molar-refractivity contribution < 1.29 is 32.3 Å². The Hall–Kier alpha value is -2.58. The fourth-order valence-electron chi connectivity index (χ4n) is 2.63. The summed E-state index contributed by atoms with van der Waals surface area (Å²) in [7, 11) is 0. The van der Waals surface area contributed by atoms with Gasteiger partial charge in [0.05, 0.1) is 5.92 Å². The number of carbonyl (C=O) groups excluding carboxylic acids is 3. The first-order valence-corrected chi connectivity index (χ1v) is 7.95. The zero-order chi connectivity index (χ0) is 19.5. The first-order chi connectivity index (χ1) is 12.1. The Morgan fingerprint density at radius 3 is 2.65 bits per heavy atom. The molecule has 0 bridgehead atoms. The second kappa shape index (κ2) is 7.76. The van der Waals surface area contributed by atoms with Crippen molar-refractivity contribution in [3.8, 4) is 0 Å². The van der Waals surface area contributed by atoms with Crippen LogP contribution in [0.15, 0.2) is 18.2 Å². The topological polar surface area (TPSA) is 75.7 Å². The number of alkyl halides is 3. The zero-order valence-corrected chi connectivity index (χ0v) is 14.4. The van der Waals surface area contributed by atoms with E-state index in [1.807, 2.05) is 26.0 Å². The number of anilines is 1. The number of nitrogens with zero attached hydrogens (tertiary/aromatic N) is 1. The number of carbonyl (C=O) groups is 3. The van der Waals surface area contributed by atoms with E-state index in [0.29, 0.717) is 5.69 Å². The van der Waals surface area contributed by atoms with Crippen LogP contribution in [0.25, 0.3) is 0 Å². The number of amides is 2. The SMILES string of the molecule is Cc1cccc(N2C[C@@H](C(=O)OCC(=O)NCC(F)(F)F)CC2=O)c1C. The first kappa shape index (κ1) is 19.7. The molecule has 0 unspecified atom stereocenters. The van der Waals surface area contributed by atoms with Crippen LogP contribution in [0.1, 0.15) is 17.5 Å². The van der Waals surface area contributed by atoms with E-state index in [9.17, 15) is 27.6 Å². The predicted molar refractivity (Wildman–Crippen MR) is 86.4 cm³/mol. The molecule has 1 saturated heterocycles. The molecule has 26 heavy (non-hydrogen) atoms. The van der Waals surface area contributed by atoms with Gasteiger partial charge < -0.3 is 15.0 Å². The number of halogens is 3. The summed E-state index contributed by atoms with van der Waals surface area (Å²) >= 11 is 0. The van der Waals surface area contributed by atoms with Crippen molar-refractivity contribution >= 4 is 23.5 Å². The average molecular weight is 372 g/mol. The molecule has 142 valence electrons. The lowest BCUT2D eigenvalue weighted by Crippen LogP contribution is -2.37. The Balaban J connectivity index is 1.91. The highest BCUT2D eigenvalue weighted by atomic mass is 19.4. The largest absolute Gasteiger partial charge is 0.455 e. The molecule has 9 heteroatoms. The highest BCUT2D eigenvalue weighted by Crippen LogP contribution is 2.29. The van der Waals surface area contributed by atoms with E-state index in [4.69, 9.17) is 4.74 Å². The van der Waals surface area contributed by atoms with Crippen LogP contribution in [0.5, 0.6) is 0 Å². The number of esters is 1. The molecule has 0 saturated carbocycles. The van der Waals surface area contributed by atoms with E-state index in [1.165, 1.54) is 4.90 Å². The molecule has 1 heterocycles. The van der Waals surface area contributed by atoms with Crippen LogP contribution in [0.4, 0.5) is 18.9 Å². The van der Waals surface area contributed by atoms with Gasteiger partial charge in [-0.25, -0.2) is 0 Å². The third-order valence-corrected chi connectivity index (χ3v) is 4.16. The van der Waals surface area contributed by atoms with E-state index in [2.05, 4.69) is 0 Å². The van der Waals surface area contributed by atoms with Gasteiger partial charge >= 0.3 is 12.1 Å². The highest BCUT2D eigenvalue weighted by Gasteiger charge is 2.37. The van der Waals surface area contributed by atoms with Gasteiger partial charge in [-0.3, -0.25) is 14.4 Å². The minimum absolute atomic E-state index is 0.0730. The number of benzene rings is 1. The molecule has 1 aromatic carbocycles. The van der Waals surface area contributed by atoms with E-state index >= 15 is 0 Å². The van der Waals surface area contributed by atoms with Gasteiger partial charge in [-0.15, -0.1) is 0 Å². The molecule has 1 aliphatic rings. The van der Waals surface area contributed by atoms with Crippen molar-refractivity contribution in [1.29, 1.82) is 0 Å². The zero-order valence-electron chi connectivity index (χ0n) is 14.4. The van der Waals surface area contributed by atoms with Gasteiger partial charge in [0.15, 0.2) is 6.61 Å². The van der Waals surface area contributed by atoms with Crippen molar-refractivity contribution in [2.45, 2.75) is 26.4 Å². The molecule has 1 atom stereocenters. The maximum atomic E-state index is 12.2. The van der Waals surface area contributed by atoms with Gasteiger partial charge in [0, 0.05) is 18.7 Å². The smallest absolute Gasteiger partial charge is 0.405 e. The molecule has 0 aromatic heterocycles. The van der Waals surface area contributed by atoms with Gasteiger partial charge in [-0.05, 0) is 31.0 Å². The number of ether oxygens (including phenoxy) is 1. The molecular weight excluding hydrogens is 353 g/mol. The van der Waals surface area contributed by atoms with Crippen LogP contribution in [0, 0.1) is 19.8 Å². The minimum atomic E-state index is -4.54. The van der Waals surface area contributed by atoms with Gasteiger partial charge in [0.25, 0.3) is 5.91 Å².